The van der Waals surface area contributed by atoms with Crippen LogP contribution in [0.1, 0.15) is 37.8 Å². The molecule has 0 saturated heterocycles. The van der Waals surface area contributed by atoms with E-state index in [1.807, 2.05) is 6.07 Å². The molecule has 5 nitrogen and oxygen atoms in total. The lowest BCUT2D eigenvalue weighted by atomic mass is 9.57. The van der Waals surface area contributed by atoms with Gasteiger partial charge in [-0.1, -0.05) is 25.4 Å². The number of benzene rings is 1. The van der Waals surface area contributed by atoms with Crippen LogP contribution in [0.25, 0.3) is 0 Å². The lowest BCUT2D eigenvalue weighted by Gasteiger charge is -2.50. The number of allylic oxidation sites excluding steroid dienone is 2. The Morgan fingerprint density at radius 2 is 2.07 bits per heavy atom. The predicted molar refractivity (Wildman–Crippen MR) is 101 cm³/mol. The third-order valence-electron chi connectivity index (χ3n) is 5.55. The summed E-state index contributed by atoms with van der Waals surface area (Å²) in [7, 11) is 1.40. The van der Waals surface area contributed by atoms with E-state index in [2.05, 4.69) is 5.32 Å². The molecule has 1 aromatic rings. The number of rotatable bonds is 5. The zero-order chi connectivity index (χ0) is 22.1. The lowest BCUT2D eigenvalue weighted by Crippen LogP contribution is -2.61. The summed E-state index contributed by atoms with van der Waals surface area (Å²) in [6.07, 6.45) is -4.65. The van der Waals surface area contributed by atoms with Crippen molar-refractivity contribution in [1.82, 2.24) is 5.32 Å². The molecule has 3 atom stereocenters. The molecular weight excluding hydrogens is 409 g/mol. The first kappa shape index (κ1) is 23.0. The van der Waals surface area contributed by atoms with Gasteiger partial charge in [0.15, 0.2) is 0 Å². The van der Waals surface area contributed by atoms with Gasteiger partial charge in [-0.05, 0) is 36.6 Å². The van der Waals surface area contributed by atoms with Crippen molar-refractivity contribution in [2.24, 2.45) is 11.3 Å². The summed E-state index contributed by atoms with van der Waals surface area (Å²) in [6, 6.07) is 3.96. The number of aliphatic carboxylic acids is 1. The van der Waals surface area contributed by atoms with Crippen molar-refractivity contribution in [3.63, 3.8) is 0 Å². The number of carboxylic acid groups (broad SMARTS) is 1. The molecule has 3 unspecified atom stereocenters. The summed E-state index contributed by atoms with van der Waals surface area (Å²) in [5, 5.41) is 23.1. The Kier molecular flexibility index (Phi) is 6.55. The third-order valence-corrected chi connectivity index (χ3v) is 5.90. The minimum atomic E-state index is -4.65. The van der Waals surface area contributed by atoms with Gasteiger partial charge in [-0.15, -0.1) is 0 Å². The first-order valence-corrected chi connectivity index (χ1v) is 9.27. The molecule has 0 fully saturated rings. The number of ether oxygens (including phenoxy) is 1. The minimum absolute atomic E-state index is 0.0202. The fourth-order valence-corrected chi connectivity index (χ4v) is 4.45. The number of nitriles is 1. The van der Waals surface area contributed by atoms with Crippen molar-refractivity contribution in [3.05, 3.63) is 45.6 Å². The van der Waals surface area contributed by atoms with Gasteiger partial charge < -0.3 is 15.2 Å². The van der Waals surface area contributed by atoms with E-state index >= 15 is 0 Å². The van der Waals surface area contributed by atoms with Crippen LogP contribution in [-0.4, -0.2) is 30.8 Å². The van der Waals surface area contributed by atoms with E-state index in [4.69, 9.17) is 16.3 Å². The summed E-state index contributed by atoms with van der Waals surface area (Å²) in [5.41, 5.74) is -2.26. The number of hydrogen-bond acceptors (Lipinski definition) is 4. The van der Waals surface area contributed by atoms with Crippen molar-refractivity contribution >= 4 is 17.6 Å². The first-order valence-electron chi connectivity index (χ1n) is 8.89. The Morgan fingerprint density at radius 3 is 2.52 bits per heavy atom. The molecule has 0 aromatic heterocycles. The van der Waals surface area contributed by atoms with Gasteiger partial charge in [0.25, 0.3) is 0 Å². The van der Waals surface area contributed by atoms with E-state index in [1.54, 1.807) is 20.8 Å². The molecule has 1 aliphatic heterocycles. The molecule has 1 heterocycles. The van der Waals surface area contributed by atoms with Crippen LogP contribution in [-0.2, 0) is 15.7 Å². The number of halogens is 4. The van der Waals surface area contributed by atoms with Crippen LogP contribution in [0.5, 0.6) is 0 Å². The fraction of sp³-hybridized carbons (Fsp3) is 0.500. The number of nitrogens with one attached hydrogen (secondary N) is 1. The van der Waals surface area contributed by atoms with Gasteiger partial charge in [-0.25, -0.2) is 0 Å². The van der Waals surface area contributed by atoms with Crippen LogP contribution in [0.15, 0.2) is 29.5 Å². The van der Waals surface area contributed by atoms with Crippen molar-refractivity contribution in [2.45, 2.75) is 38.9 Å². The highest BCUT2D eigenvalue weighted by Gasteiger charge is 2.59. The maximum Gasteiger partial charge on any atom is 0.416 e. The van der Waals surface area contributed by atoms with Crippen LogP contribution in [0.2, 0.25) is 5.02 Å². The Morgan fingerprint density at radius 1 is 1.45 bits per heavy atom. The zero-order valence-corrected chi connectivity index (χ0v) is 17.1. The molecule has 0 aliphatic carbocycles. The van der Waals surface area contributed by atoms with Gasteiger partial charge in [0.2, 0.25) is 0 Å². The summed E-state index contributed by atoms with van der Waals surface area (Å²) >= 11 is 6.27. The second-order valence-electron chi connectivity index (χ2n) is 7.36. The number of methoxy groups -OCH3 is 1. The summed E-state index contributed by atoms with van der Waals surface area (Å²) in [5.74, 6) is -3.01. The van der Waals surface area contributed by atoms with Crippen LogP contribution < -0.4 is 5.32 Å². The Balaban J connectivity index is 2.94. The van der Waals surface area contributed by atoms with Crippen molar-refractivity contribution in [3.8, 4) is 6.07 Å². The molecule has 2 N–H and O–H groups in total. The van der Waals surface area contributed by atoms with Gasteiger partial charge >= 0.3 is 12.1 Å². The number of carboxylic acids is 1. The predicted octanol–water partition coefficient (Wildman–Crippen LogP) is 4.59. The molecule has 0 amide bonds. The molecule has 0 bridgehead atoms. The molecule has 1 aliphatic rings. The van der Waals surface area contributed by atoms with Crippen LogP contribution in [0, 0.1) is 22.7 Å². The normalized spacial score (nSPS) is 25.0. The van der Waals surface area contributed by atoms with Crippen molar-refractivity contribution in [1.29, 1.82) is 5.26 Å². The van der Waals surface area contributed by atoms with E-state index in [-0.39, 0.29) is 22.8 Å². The second kappa shape index (κ2) is 8.25. The third kappa shape index (κ3) is 3.81. The maximum absolute atomic E-state index is 13.4. The standard InChI is InChI=1S/C20H22ClF3N2O3/c1-10(2)19(18(27)28)16(9-29-4)26-11(3)14(8-25)17(19)13-7-12(20(22,23)24)5-6-15(13)21/h5-7,10,16-17,26H,9H2,1-4H3,(H,27,28). The molecule has 29 heavy (non-hydrogen) atoms. The Labute approximate surface area is 172 Å². The first-order chi connectivity index (χ1) is 13.4. The highest BCUT2D eigenvalue weighted by molar-refractivity contribution is 6.31. The number of alkyl halides is 3. The van der Waals surface area contributed by atoms with Crippen molar-refractivity contribution < 1.29 is 27.8 Å². The monoisotopic (exact) mass is 430 g/mol. The Hall–Kier alpha value is -2.24. The highest BCUT2D eigenvalue weighted by Crippen LogP contribution is 2.54. The van der Waals surface area contributed by atoms with E-state index < -0.39 is 41.0 Å². The molecule has 0 radical (unpaired) electrons. The van der Waals surface area contributed by atoms with E-state index in [9.17, 15) is 28.3 Å². The molecule has 158 valence electrons. The number of hydrogen-bond donors (Lipinski definition) is 2. The molecular formula is C20H22ClF3N2O3. The smallest absolute Gasteiger partial charge is 0.416 e. The lowest BCUT2D eigenvalue weighted by molar-refractivity contribution is -0.157. The maximum atomic E-state index is 13.4. The molecule has 9 heteroatoms. The van der Waals surface area contributed by atoms with Gasteiger partial charge in [0.05, 0.1) is 29.9 Å². The van der Waals surface area contributed by atoms with Crippen LogP contribution in [0.3, 0.4) is 0 Å². The summed E-state index contributed by atoms with van der Waals surface area (Å²) in [6.45, 7) is 4.88. The van der Waals surface area contributed by atoms with Gasteiger partial charge in [0.1, 0.15) is 5.41 Å². The minimum Gasteiger partial charge on any atom is -0.481 e. The highest BCUT2D eigenvalue weighted by atomic mass is 35.5. The Bertz CT molecular complexity index is 877. The van der Waals surface area contributed by atoms with Crippen LogP contribution in [0.4, 0.5) is 13.2 Å². The SMILES string of the molecule is COCC1NC(C)=C(C#N)C(c2cc(C(F)(F)F)ccc2Cl)C1(C(=O)O)C(C)C. The van der Waals surface area contributed by atoms with E-state index in [1.165, 1.54) is 7.11 Å². The number of nitrogens with zero attached hydrogens (tertiary/aromatic N) is 1. The average Bonchev–Trinajstić information content (AvgIpc) is 2.60. The molecule has 0 spiro atoms. The summed E-state index contributed by atoms with van der Waals surface area (Å²) < 4.78 is 45.3. The van der Waals surface area contributed by atoms with Gasteiger partial charge in [-0.3, -0.25) is 4.79 Å². The van der Waals surface area contributed by atoms with Crippen LogP contribution >= 0.6 is 11.6 Å². The topological polar surface area (TPSA) is 82.3 Å². The fourth-order valence-electron chi connectivity index (χ4n) is 4.22. The van der Waals surface area contributed by atoms with Gasteiger partial charge in [0, 0.05) is 23.7 Å². The van der Waals surface area contributed by atoms with Crippen molar-refractivity contribution in [2.75, 3.05) is 13.7 Å². The largest absolute Gasteiger partial charge is 0.481 e. The molecule has 2 rings (SSSR count). The summed E-state index contributed by atoms with van der Waals surface area (Å²) in [4.78, 5) is 12.7. The van der Waals surface area contributed by atoms with Gasteiger partial charge in [-0.2, -0.15) is 18.4 Å². The average molecular weight is 431 g/mol. The zero-order valence-electron chi connectivity index (χ0n) is 16.4. The quantitative estimate of drug-likeness (QED) is 0.714. The van der Waals surface area contributed by atoms with E-state index in [0.717, 1.165) is 18.2 Å². The second-order valence-corrected chi connectivity index (χ2v) is 7.77. The number of carbonyl (C=O) groups is 1. The molecule has 1 aromatic carbocycles. The van der Waals surface area contributed by atoms with E-state index in [0.29, 0.717) is 5.70 Å². The molecule has 0 saturated carbocycles.